The van der Waals surface area contributed by atoms with Crippen LogP contribution in [0.4, 0.5) is 0 Å². The van der Waals surface area contributed by atoms with Crippen molar-refractivity contribution < 1.29 is 0 Å². The van der Waals surface area contributed by atoms with Crippen LogP contribution in [0.1, 0.15) is 11.3 Å². The summed E-state index contributed by atoms with van der Waals surface area (Å²) in [5.74, 6) is 0.902. The second kappa shape index (κ2) is 3.97. The van der Waals surface area contributed by atoms with Crippen LogP contribution in [-0.2, 0) is 6.54 Å². The summed E-state index contributed by atoms with van der Waals surface area (Å²) in [6.45, 7) is 2.80. The van der Waals surface area contributed by atoms with E-state index in [0.717, 1.165) is 28.6 Å². The van der Waals surface area contributed by atoms with Gasteiger partial charge >= 0.3 is 0 Å². The molecule has 0 spiro atoms. The van der Waals surface area contributed by atoms with E-state index < -0.39 is 0 Å². The highest BCUT2D eigenvalue weighted by Crippen LogP contribution is 2.20. The van der Waals surface area contributed by atoms with Crippen LogP contribution >= 0.6 is 11.3 Å². The molecule has 3 heterocycles. The SMILES string of the molecule is CNCc1c(-n2cc(C)cn2)nc2sccn12. The van der Waals surface area contributed by atoms with E-state index in [0.29, 0.717) is 0 Å². The van der Waals surface area contributed by atoms with E-state index >= 15 is 0 Å². The fraction of sp³-hybridized carbons (Fsp3) is 0.273. The van der Waals surface area contributed by atoms with E-state index in [4.69, 9.17) is 0 Å². The van der Waals surface area contributed by atoms with Gasteiger partial charge in [-0.2, -0.15) is 10.1 Å². The van der Waals surface area contributed by atoms with Gasteiger partial charge in [0.15, 0.2) is 10.8 Å². The zero-order chi connectivity index (χ0) is 11.8. The van der Waals surface area contributed by atoms with Gasteiger partial charge in [-0.3, -0.25) is 4.40 Å². The Balaban J connectivity index is 2.20. The first-order chi connectivity index (χ1) is 8.29. The smallest absolute Gasteiger partial charge is 0.196 e. The van der Waals surface area contributed by atoms with Crippen LogP contribution in [-0.4, -0.2) is 26.2 Å². The molecule has 0 radical (unpaired) electrons. The molecule has 0 saturated carbocycles. The van der Waals surface area contributed by atoms with Crippen molar-refractivity contribution in [3.05, 3.63) is 35.2 Å². The van der Waals surface area contributed by atoms with Crippen molar-refractivity contribution in [1.29, 1.82) is 0 Å². The van der Waals surface area contributed by atoms with E-state index in [1.807, 2.05) is 42.6 Å². The van der Waals surface area contributed by atoms with E-state index in [-0.39, 0.29) is 0 Å². The predicted octanol–water partition coefficient (Wildman–Crippen LogP) is 1.61. The lowest BCUT2D eigenvalue weighted by Crippen LogP contribution is -2.10. The Morgan fingerprint density at radius 1 is 1.47 bits per heavy atom. The largest absolute Gasteiger partial charge is 0.314 e. The summed E-state index contributed by atoms with van der Waals surface area (Å²) in [7, 11) is 1.93. The maximum Gasteiger partial charge on any atom is 0.196 e. The lowest BCUT2D eigenvalue weighted by atomic mass is 10.4. The van der Waals surface area contributed by atoms with E-state index in [9.17, 15) is 0 Å². The zero-order valence-corrected chi connectivity index (χ0v) is 10.5. The lowest BCUT2D eigenvalue weighted by Gasteiger charge is -2.02. The number of nitrogens with one attached hydrogen (secondary N) is 1. The average molecular weight is 247 g/mol. The molecule has 3 rings (SSSR count). The third kappa shape index (κ3) is 1.65. The van der Waals surface area contributed by atoms with Crippen LogP contribution in [0.5, 0.6) is 0 Å². The van der Waals surface area contributed by atoms with E-state index in [2.05, 4.69) is 19.8 Å². The summed E-state index contributed by atoms with van der Waals surface area (Å²) < 4.78 is 3.94. The van der Waals surface area contributed by atoms with Crippen LogP contribution < -0.4 is 5.32 Å². The molecular weight excluding hydrogens is 234 g/mol. The number of thiazole rings is 1. The number of aromatic nitrogens is 4. The molecule has 3 aromatic rings. The minimum atomic E-state index is 0.770. The van der Waals surface area contributed by atoms with Gasteiger partial charge in [-0.05, 0) is 19.5 Å². The maximum atomic E-state index is 4.62. The third-order valence-electron chi connectivity index (χ3n) is 2.61. The highest BCUT2D eigenvalue weighted by molar-refractivity contribution is 7.15. The van der Waals surface area contributed by atoms with Gasteiger partial charge in [0.2, 0.25) is 0 Å². The predicted molar refractivity (Wildman–Crippen MR) is 67.7 cm³/mol. The molecule has 0 bridgehead atoms. The molecule has 17 heavy (non-hydrogen) atoms. The molecule has 1 N–H and O–H groups in total. The quantitative estimate of drug-likeness (QED) is 0.765. The molecule has 0 aliphatic carbocycles. The number of nitrogens with zero attached hydrogens (tertiary/aromatic N) is 4. The third-order valence-corrected chi connectivity index (χ3v) is 3.37. The maximum absolute atomic E-state index is 4.62. The molecule has 5 nitrogen and oxygen atoms in total. The Hall–Kier alpha value is -1.66. The Kier molecular flexibility index (Phi) is 2.45. The second-order valence-electron chi connectivity index (χ2n) is 3.93. The van der Waals surface area contributed by atoms with Crippen molar-refractivity contribution in [1.82, 2.24) is 24.5 Å². The van der Waals surface area contributed by atoms with E-state index in [1.165, 1.54) is 0 Å². The molecule has 0 aliphatic heterocycles. The Morgan fingerprint density at radius 2 is 2.35 bits per heavy atom. The van der Waals surface area contributed by atoms with Crippen LogP contribution in [0.3, 0.4) is 0 Å². The Bertz CT molecular complexity index is 648. The number of imidazole rings is 1. The highest BCUT2D eigenvalue weighted by Gasteiger charge is 2.14. The number of rotatable bonds is 3. The van der Waals surface area contributed by atoms with Gasteiger partial charge in [0.25, 0.3) is 0 Å². The molecule has 3 aromatic heterocycles. The fourth-order valence-electron chi connectivity index (χ4n) is 1.86. The lowest BCUT2D eigenvalue weighted by molar-refractivity contribution is 0.755. The van der Waals surface area contributed by atoms with Gasteiger partial charge in [-0.15, -0.1) is 11.3 Å². The van der Waals surface area contributed by atoms with Crippen molar-refractivity contribution in [3.63, 3.8) is 0 Å². The first-order valence-corrected chi connectivity index (χ1v) is 6.28. The van der Waals surface area contributed by atoms with Crippen molar-refractivity contribution in [2.24, 2.45) is 0 Å². The van der Waals surface area contributed by atoms with Gasteiger partial charge < -0.3 is 5.32 Å². The minimum absolute atomic E-state index is 0.770. The highest BCUT2D eigenvalue weighted by atomic mass is 32.1. The van der Waals surface area contributed by atoms with Gasteiger partial charge in [-0.1, -0.05) is 0 Å². The van der Waals surface area contributed by atoms with Crippen LogP contribution in [0.25, 0.3) is 10.8 Å². The summed E-state index contributed by atoms with van der Waals surface area (Å²) >= 11 is 1.63. The Labute approximate surface area is 103 Å². The summed E-state index contributed by atoms with van der Waals surface area (Å²) in [6.07, 6.45) is 5.88. The average Bonchev–Trinajstić information content (AvgIpc) is 2.95. The number of hydrogen-bond acceptors (Lipinski definition) is 4. The van der Waals surface area contributed by atoms with Crippen molar-refractivity contribution in [2.75, 3.05) is 7.05 Å². The van der Waals surface area contributed by atoms with Crippen molar-refractivity contribution in [2.45, 2.75) is 13.5 Å². The van der Waals surface area contributed by atoms with E-state index in [1.54, 1.807) is 11.3 Å². The Morgan fingerprint density at radius 3 is 3.06 bits per heavy atom. The summed E-state index contributed by atoms with van der Waals surface area (Å²) in [6, 6.07) is 0. The van der Waals surface area contributed by atoms with Crippen LogP contribution in [0.15, 0.2) is 24.0 Å². The fourth-order valence-corrected chi connectivity index (χ4v) is 2.59. The monoisotopic (exact) mass is 247 g/mol. The first kappa shape index (κ1) is 10.5. The van der Waals surface area contributed by atoms with Gasteiger partial charge in [0.1, 0.15) is 0 Å². The number of fused-ring (bicyclic) bond motifs is 1. The molecule has 0 amide bonds. The zero-order valence-electron chi connectivity index (χ0n) is 9.71. The molecule has 0 atom stereocenters. The second-order valence-corrected chi connectivity index (χ2v) is 4.80. The number of aryl methyl sites for hydroxylation is 1. The molecule has 0 saturated heterocycles. The molecule has 0 aromatic carbocycles. The summed E-state index contributed by atoms with van der Waals surface area (Å²) in [5.41, 5.74) is 2.27. The van der Waals surface area contributed by atoms with Crippen LogP contribution in [0, 0.1) is 6.92 Å². The van der Waals surface area contributed by atoms with Gasteiger partial charge in [0.05, 0.1) is 11.9 Å². The number of hydrogen-bond donors (Lipinski definition) is 1. The molecule has 0 unspecified atom stereocenters. The summed E-state index contributed by atoms with van der Waals surface area (Å²) in [5, 5.41) is 9.53. The van der Waals surface area contributed by atoms with Gasteiger partial charge in [0, 0.05) is 24.3 Å². The first-order valence-electron chi connectivity index (χ1n) is 5.40. The van der Waals surface area contributed by atoms with Crippen molar-refractivity contribution >= 4 is 16.3 Å². The summed E-state index contributed by atoms with van der Waals surface area (Å²) in [4.78, 5) is 5.62. The van der Waals surface area contributed by atoms with Crippen LogP contribution in [0.2, 0.25) is 0 Å². The van der Waals surface area contributed by atoms with Crippen molar-refractivity contribution in [3.8, 4) is 5.82 Å². The van der Waals surface area contributed by atoms with Gasteiger partial charge in [-0.25, -0.2) is 4.68 Å². The topological polar surface area (TPSA) is 47.2 Å². The molecule has 0 fully saturated rings. The molecule has 0 aliphatic rings. The normalized spacial score (nSPS) is 11.4. The molecular formula is C11H13N5S. The molecule has 88 valence electrons. The standard InChI is InChI=1S/C11H13N5S/c1-8-5-13-16(7-8)10-9(6-12-2)15-3-4-17-11(15)14-10/h3-5,7,12H,6H2,1-2H3. The minimum Gasteiger partial charge on any atom is -0.314 e. The molecule has 6 heteroatoms.